The number of aromatic nitrogens is 2. The smallest absolute Gasteiger partial charge is 0.186 e. The quantitative estimate of drug-likeness (QED) is 0.691. The standard InChI is InChI=1S/C9H9F2N3O/c10-4-1-2-5-8(7(4)11)14-9(13-5)6(15)3-12/h1-2,6,15H,3,12H2,(H,13,14). The average molecular weight is 213 g/mol. The fourth-order valence-electron chi connectivity index (χ4n) is 1.31. The molecule has 1 aromatic carbocycles. The van der Waals surface area contributed by atoms with E-state index in [-0.39, 0.29) is 17.9 Å². The molecule has 0 spiro atoms. The van der Waals surface area contributed by atoms with E-state index in [4.69, 9.17) is 5.73 Å². The first-order chi connectivity index (χ1) is 7.13. The predicted molar refractivity (Wildman–Crippen MR) is 50.0 cm³/mol. The molecule has 0 fully saturated rings. The molecule has 6 heteroatoms. The molecule has 0 aliphatic heterocycles. The number of rotatable bonds is 2. The molecule has 1 atom stereocenters. The molecule has 0 amide bonds. The highest BCUT2D eigenvalue weighted by atomic mass is 19.2. The molecular weight excluding hydrogens is 204 g/mol. The van der Waals surface area contributed by atoms with Gasteiger partial charge in [-0.3, -0.25) is 0 Å². The number of nitrogens with two attached hydrogens (primary N) is 1. The van der Waals surface area contributed by atoms with Crippen LogP contribution in [0.5, 0.6) is 0 Å². The van der Waals surface area contributed by atoms with Crippen molar-refractivity contribution >= 4 is 11.0 Å². The number of aliphatic hydroxyl groups is 1. The largest absolute Gasteiger partial charge is 0.384 e. The first-order valence-corrected chi connectivity index (χ1v) is 4.35. The second-order valence-electron chi connectivity index (χ2n) is 3.13. The van der Waals surface area contributed by atoms with Crippen LogP contribution < -0.4 is 5.73 Å². The number of hydrogen-bond acceptors (Lipinski definition) is 3. The zero-order chi connectivity index (χ0) is 11.0. The summed E-state index contributed by atoms with van der Waals surface area (Å²) in [5.41, 5.74) is 5.42. The predicted octanol–water partition coefficient (Wildman–Crippen LogP) is 0.833. The third kappa shape index (κ3) is 1.57. The van der Waals surface area contributed by atoms with Crippen molar-refractivity contribution in [1.29, 1.82) is 0 Å². The normalized spacial score (nSPS) is 13.3. The summed E-state index contributed by atoms with van der Waals surface area (Å²) in [7, 11) is 0. The van der Waals surface area contributed by atoms with E-state index < -0.39 is 17.7 Å². The highest BCUT2D eigenvalue weighted by molar-refractivity contribution is 5.75. The van der Waals surface area contributed by atoms with Crippen molar-refractivity contribution in [2.45, 2.75) is 6.10 Å². The first kappa shape index (κ1) is 10.0. The molecule has 0 radical (unpaired) electrons. The van der Waals surface area contributed by atoms with Crippen molar-refractivity contribution in [1.82, 2.24) is 9.97 Å². The molecule has 0 saturated carbocycles. The van der Waals surface area contributed by atoms with E-state index in [1.165, 1.54) is 6.07 Å². The van der Waals surface area contributed by atoms with E-state index in [2.05, 4.69) is 9.97 Å². The monoisotopic (exact) mass is 213 g/mol. The molecule has 1 aromatic heterocycles. The Kier molecular flexibility index (Phi) is 2.37. The van der Waals surface area contributed by atoms with Gasteiger partial charge in [0.1, 0.15) is 17.4 Å². The fourth-order valence-corrected chi connectivity index (χ4v) is 1.31. The number of benzene rings is 1. The van der Waals surface area contributed by atoms with Crippen LogP contribution in [0.15, 0.2) is 12.1 Å². The summed E-state index contributed by atoms with van der Waals surface area (Å²) < 4.78 is 26.0. The van der Waals surface area contributed by atoms with E-state index >= 15 is 0 Å². The van der Waals surface area contributed by atoms with Crippen LogP contribution in [0.4, 0.5) is 8.78 Å². The van der Waals surface area contributed by atoms with Gasteiger partial charge in [-0.15, -0.1) is 0 Å². The molecule has 4 nitrogen and oxygen atoms in total. The molecule has 2 aromatic rings. The average Bonchev–Trinajstić information content (AvgIpc) is 2.67. The Balaban J connectivity index is 2.61. The maximum Gasteiger partial charge on any atom is 0.186 e. The van der Waals surface area contributed by atoms with Gasteiger partial charge in [0.2, 0.25) is 0 Å². The summed E-state index contributed by atoms with van der Waals surface area (Å²) in [6.45, 7) is -0.0378. The highest BCUT2D eigenvalue weighted by Gasteiger charge is 2.15. The molecule has 0 aliphatic rings. The van der Waals surface area contributed by atoms with Crippen molar-refractivity contribution in [2.75, 3.05) is 6.54 Å². The van der Waals surface area contributed by atoms with Crippen LogP contribution in [0.1, 0.15) is 11.9 Å². The van der Waals surface area contributed by atoms with Gasteiger partial charge in [0.15, 0.2) is 11.6 Å². The van der Waals surface area contributed by atoms with Crippen molar-refractivity contribution < 1.29 is 13.9 Å². The number of halogens is 2. The Labute approximate surface area is 83.7 Å². The van der Waals surface area contributed by atoms with Gasteiger partial charge in [-0.1, -0.05) is 0 Å². The molecule has 4 N–H and O–H groups in total. The summed E-state index contributed by atoms with van der Waals surface area (Å²) in [6, 6.07) is 2.35. The van der Waals surface area contributed by atoms with Crippen LogP contribution in [-0.2, 0) is 0 Å². The van der Waals surface area contributed by atoms with Gasteiger partial charge in [0.25, 0.3) is 0 Å². The summed E-state index contributed by atoms with van der Waals surface area (Å²) >= 11 is 0. The second-order valence-corrected chi connectivity index (χ2v) is 3.13. The maximum atomic E-state index is 13.2. The number of nitrogens with one attached hydrogen (secondary N) is 1. The van der Waals surface area contributed by atoms with Gasteiger partial charge >= 0.3 is 0 Å². The number of aromatic amines is 1. The van der Waals surface area contributed by atoms with E-state index in [9.17, 15) is 13.9 Å². The van der Waals surface area contributed by atoms with Gasteiger partial charge in [-0.25, -0.2) is 13.8 Å². The van der Waals surface area contributed by atoms with Crippen LogP contribution >= 0.6 is 0 Å². The van der Waals surface area contributed by atoms with Crippen LogP contribution in [-0.4, -0.2) is 21.6 Å². The molecule has 2 rings (SSSR count). The Morgan fingerprint density at radius 1 is 1.47 bits per heavy atom. The second kappa shape index (κ2) is 3.56. The Bertz CT molecular complexity index is 497. The minimum Gasteiger partial charge on any atom is -0.384 e. The number of fused-ring (bicyclic) bond motifs is 1. The van der Waals surface area contributed by atoms with Gasteiger partial charge in [0, 0.05) is 6.54 Å². The molecule has 1 unspecified atom stereocenters. The first-order valence-electron chi connectivity index (χ1n) is 4.35. The molecular formula is C9H9F2N3O. The number of imidazole rings is 1. The Morgan fingerprint density at radius 3 is 2.87 bits per heavy atom. The molecule has 15 heavy (non-hydrogen) atoms. The van der Waals surface area contributed by atoms with Gasteiger partial charge < -0.3 is 15.8 Å². The Morgan fingerprint density at radius 2 is 2.20 bits per heavy atom. The van der Waals surface area contributed by atoms with Crippen LogP contribution in [0.2, 0.25) is 0 Å². The minimum absolute atomic E-state index is 0.0378. The summed E-state index contributed by atoms with van der Waals surface area (Å²) in [6.07, 6.45) is -1.00. The number of nitrogens with zero attached hydrogens (tertiary/aromatic N) is 1. The van der Waals surface area contributed by atoms with E-state index in [1.807, 2.05) is 0 Å². The zero-order valence-electron chi connectivity index (χ0n) is 7.67. The van der Waals surface area contributed by atoms with E-state index in [1.54, 1.807) is 0 Å². The molecule has 0 aliphatic carbocycles. The van der Waals surface area contributed by atoms with Gasteiger partial charge in [-0.2, -0.15) is 0 Å². The highest BCUT2D eigenvalue weighted by Crippen LogP contribution is 2.20. The number of H-pyrrole nitrogens is 1. The third-order valence-electron chi connectivity index (χ3n) is 2.10. The topological polar surface area (TPSA) is 74.9 Å². The Hall–Kier alpha value is -1.53. The summed E-state index contributed by atoms with van der Waals surface area (Å²) in [4.78, 5) is 6.41. The lowest BCUT2D eigenvalue weighted by atomic mass is 10.3. The third-order valence-corrected chi connectivity index (χ3v) is 2.10. The lowest BCUT2D eigenvalue weighted by molar-refractivity contribution is 0.178. The number of aliphatic hydroxyl groups excluding tert-OH is 1. The van der Waals surface area contributed by atoms with Crippen LogP contribution in [0.25, 0.3) is 11.0 Å². The summed E-state index contributed by atoms with van der Waals surface area (Å²) in [5.74, 6) is -1.86. The lowest BCUT2D eigenvalue weighted by Gasteiger charge is -2.00. The van der Waals surface area contributed by atoms with E-state index in [0.717, 1.165) is 6.07 Å². The molecule has 80 valence electrons. The molecule has 0 saturated heterocycles. The molecule has 1 heterocycles. The van der Waals surface area contributed by atoms with Gasteiger partial charge in [-0.05, 0) is 12.1 Å². The van der Waals surface area contributed by atoms with Crippen molar-refractivity contribution in [2.24, 2.45) is 5.73 Å². The maximum absolute atomic E-state index is 13.2. The van der Waals surface area contributed by atoms with Crippen LogP contribution in [0, 0.1) is 11.6 Å². The van der Waals surface area contributed by atoms with Crippen LogP contribution in [0.3, 0.4) is 0 Å². The van der Waals surface area contributed by atoms with Crippen molar-refractivity contribution in [3.05, 3.63) is 29.6 Å². The minimum atomic E-state index is -1.03. The van der Waals surface area contributed by atoms with Crippen molar-refractivity contribution in [3.8, 4) is 0 Å². The lowest BCUT2D eigenvalue weighted by Crippen LogP contribution is -2.12. The zero-order valence-corrected chi connectivity index (χ0v) is 7.67. The summed E-state index contributed by atoms with van der Waals surface area (Å²) in [5, 5.41) is 9.36. The number of hydrogen-bond donors (Lipinski definition) is 3. The fraction of sp³-hybridized carbons (Fsp3) is 0.222. The SMILES string of the molecule is NCC(O)c1nc2c(F)c(F)ccc2[nH]1. The van der Waals surface area contributed by atoms with Gasteiger partial charge in [0.05, 0.1) is 5.52 Å². The van der Waals surface area contributed by atoms with Crippen molar-refractivity contribution in [3.63, 3.8) is 0 Å². The van der Waals surface area contributed by atoms with E-state index in [0.29, 0.717) is 5.52 Å². The molecule has 0 bridgehead atoms.